The standard InChI is InChI=1S/C17H15N3O4S/c1-3-9-14(15(21)22)20-13(12(4-2)25-16(20)18-9)8-5-6-10-11(7-8)24-17(23)19-10/h5-7H,3-4H2,1-2H3,(H,19,23)(H,21,22). The zero-order chi connectivity index (χ0) is 17.7. The van der Waals surface area contributed by atoms with E-state index in [4.69, 9.17) is 4.42 Å². The zero-order valence-corrected chi connectivity index (χ0v) is 14.4. The van der Waals surface area contributed by atoms with Gasteiger partial charge in [-0.3, -0.25) is 9.38 Å². The number of aromatic nitrogens is 3. The highest BCUT2D eigenvalue weighted by Gasteiger charge is 2.24. The van der Waals surface area contributed by atoms with E-state index in [9.17, 15) is 14.7 Å². The van der Waals surface area contributed by atoms with E-state index >= 15 is 0 Å². The van der Waals surface area contributed by atoms with Crippen LogP contribution in [-0.2, 0) is 12.8 Å². The third-order valence-electron chi connectivity index (χ3n) is 4.17. The molecule has 0 atom stereocenters. The van der Waals surface area contributed by atoms with Gasteiger partial charge in [-0.15, -0.1) is 11.3 Å². The topological polar surface area (TPSA) is 101 Å². The summed E-state index contributed by atoms with van der Waals surface area (Å²) >= 11 is 1.49. The van der Waals surface area contributed by atoms with Crippen LogP contribution in [0.5, 0.6) is 0 Å². The van der Waals surface area contributed by atoms with Crippen molar-refractivity contribution in [1.29, 1.82) is 0 Å². The van der Waals surface area contributed by atoms with Crippen LogP contribution in [-0.4, -0.2) is 25.4 Å². The van der Waals surface area contributed by atoms with Gasteiger partial charge in [0, 0.05) is 10.4 Å². The first-order chi connectivity index (χ1) is 12.0. The number of aromatic carboxylic acids is 1. The number of hydrogen-bond donors (Lipinski definition) is 2. The first-order valence-corrected chi connectivity index (χ1v) is 8.74. The van der Waals surface area contributed by atoms with Gasteiger partial charge in [0.15, 0.2) is 16.2 Å². The van der Waals surface area contributed by atoms with Gasteiger partial charge in [-0.1, -0.05) is 19.9 Å². The minimum Gasteiger partial charge on any atom is -0.477 e. The lowest BCUT2D eigenvalue weighted by Gasteiger charge is -2.06. The summed E-state index contributed by atoms with van der Waals surface area (Å²) < 4.78 is 6.85. The highest BCUT2D eigenvalue weighted by atomic mass is 32.1. The van der Waals surface area contributed by atoms with Crippen molar-refractivity contribution in [3.05, 3.63) is 45.0 Å². The Morgan fingerprint density at radius 1 is 1.36 bits per heavy atom. The Morgan fingerprint density at radius 2 is 2.16 bits per heavy atom. The summed E-state index contributed by atoms with van der Waals surface area (Å²) in [4.78, 5) is 32.0. The van der Waals surface area contributed by atoms with Gasteiger partial charge in [0.2, 0.25) is 0 Å². The van der Waals surface area contributed by atoms with Crippen molar-refractivity contribution >= 4 is 33.4 Å². The number of fused-ring (bicyclic) bond motifs is 2. The molecule has 0 spiro atoms. The fraction of sp³-hybridized carbons (Fsp3) is 0.235. The van der Waals surface area contributed by atoms with E-state index in [2.05, 4.69) is 9.97 Å². The van der Waals surface area contributed by atoms with Crippen LogP contribution in [0.25, 0.3) is 27.3 Å². The number of carboxylic acid groups (broad SMARTS) is 1. The smallest absolute Gasteiger partial charge is 0.417 e. The maximum Gasteiger partial charge on any atom is 0.417 e. The lowest BCUT2D eigenvalue weighted by atomic mass is 10.1. The third kappa shape index (κ3) is 2.29. The Balaban J connectivity index is 2.08. The minimum atomic E-state index is -1.000. The first-order valence-electron chi connectivity index (χ1n) is 7.93. The SMILES string of the molecule is CCc1nc2sc(CC)c(-c3ccc4[nH]c(=O)oc4c3)n2c1C(=O)O. The largest absolute Gasteiger partial charge is 0.477 e. The quantitative estimate of drug-likeness (QED) is 0.583. The van der Waals surface area contributed by atoms with Crippen molar-refractivity contribution in [2.45, 2.75) is 26.7 Å². The number of H-pyrrole nitrogens is 1. The minimum absolute atomic E-state index is 0.194. The first kappa shape index (κ1) is 15.6. The molecule has 2 N–H and O–H groups in total. The molecule has 0 aliphatic carbocycles. The predicted octanol–water partition coefficient (Wildman–Crippen LogP) is 3.32. The number of oxazole rings is 1. The number of carbonyl (C=O) groups is 1. The van der Waals surface area contributed by atoms with Crippen LogP contribution in [0.15, 0.2) is 27.4 Å². The zero-order valence-electron chi connectivity index (χ0n) is 13.6. The van der Waals surface area contributed by atoms with Crippen molar-refractivity contribution in [3.8, 4) is 11.3 Å². The van der Waals surface area contributed by atoms with Crippen LogP contribution in [0.3, 0.4) is 0 Å². The van der Waals surface area contributed by atoms with E-state index in [-0.39, 0.29) is 5.69 Å². The van der Waals surface area contributed by atoms with Gasteiger partial charge in [0.25, 0.3) is 0 Å². The number of carboxylic acids is 1. The average Bonchev–Trinajstić information content (AvgIpc) is 3.22. The van der Waals surface area contributed by atoms with Gasteiger partial charge in [-0.25, -0.2) is 14.6 Å². The number of benzene rings is 1. The van der Waals surface area contributed by atoms with Crippen LogP contribution in [0.4, 0.5) is 0 Å². The van der Waals surface area contributed by atoms with Gasteiger partial charge in [-0.05, 0) is 25.0 Å². The molecule has 0 saturated carbocycles. The summed E-state index contributed by atoms with van der Waals surface area (Å²) in [6.45, 7) is 3.91. The number of rotatable bonds is 4. The molecule has 4 aromatic rings. The van der Waals surface area contributed by atoms with Crippen LogP contribution in [0.1, 0.15) is 34.9 Å². The van der Waals surface area contributed by atoms with Crippen molar-refractivity contribution in [3.63, 3.8) is 0 Å². The molecule has 0 radical (unpaired) electrons. The number of imidazole rings is 1. The maximum atomic E-state index is 11.8. The lowest BCUT2D eigenvalue weighted by Crippen LogP contribution is -2.06. The van der Waals surface area contributed by atoms with Gasteiger partial charge in [0.1, 0.15) is 0 Å². The van der Waals surface area contributed by atoms with Crippen LogP contribution in [0.2, 0.25) is 0 Å². The Bertz CT molecular complexity index is 1180. The van der Waals surface area contributed by atoms with Crippen LogP contribution < -0.4 is 5.76 Å². The molecule has 7 nitrogen and oxygen atoms in total. The summed E-state index contributed by atoms with van der Waals surface area (Å²) in [6.07, 6.45) is 1.29. The van der Waals surface area contributed by atoms with E-state index in [0.717, 1.165) is 22.6 Å². The van der Waals surface area contributed by atoms with Crippen molar-refractivity contribution in [2.75, 3.05) is 0 Å². The highest BCUT2D eigenvalue weighted by Crippen LogP contribution is 2.35. The molecular weight excluding hydrogens is 342 g/mol. The number of hydrogen-bond acceptors (Lipinski definition) is 5. The predicted molar refractivity (Wildman–Crippen MR) is 94.6 cm³/mol. The highest BCUT2D eigenvalue weighted by molar-refractivity contribution is 7.17. The van der Waals surface area contributed by atoms with Crippen molar-refractivity contribution in [2.24, 2.45) is 0 Å². The van der Waals surface area contributed by atoms with Crippen LogP contribution >= 0.6 is 11.3 Å². The van der Waals surface area contributed by atoms with E-state index in [1.165, 1.54) is 11.3 Å². The molecule has 0 fully saturated rings. The fourth-order valence-corrected chi connectivity index (χ4v) is 4.19. The number of nitrogens with one attached hydrogen (secondary N) is 1. The molecule has 0 bridgehead atoms. The molecule has 0 amide bonds. The molecule has 0 aliphatic rings. The molecule has 128 valence electrons. The molecule has 1 aromatic carbocycles. The third-order valence-corrected chi connectivity index (χ3v) is 5.36. The van der Waals surface area contributed by atoms with Crippen LogP contribution in [0, 0.1) is 0 Å². The second-order valence-electron chi connectivity index (χ2n) is 5.64. The number of aromatic amines is 1. The molecule has 25 heavy (non-hydrogen) atoms. The molecule has 3 aromatic heterocycles. The van der Waals surface area contributed by atoms with E-state index in [1.807, 2.05) is 19.9 Å². The van der Waals surface area contributed by atoms with Crippen molar-refractivity contribution in [1.82, 2.24) is 14.4 Å². The monoisotopic (exact) mass is 357 g/mol. The summed E-state index contributed by atoms with van der Waals surface area (Å²) in [5, 5.41) is 9.69. The second-order valence-corrected chi connectivity index (χ2v) is 6.70. The van der Waals surface area contributed by atoms with Gasteiger partial charge in [0.05, 0.1) is 16.9 Å². The Labute approximate surface area is 145 Å². The molecule has 4 rings (SSSR count). The Kier molecular flexibility index (Phi) is 3.50. The van der Waals surface area contributed by atoms with Gasteiger partial charge < -0.3 is 9.52 Å². The van der Waals surface area contributed by atoms with Crippen molar-refractivity contribution < 1.29 is 14.3 Å². The van der Waals surface area contributed by atoms with Gasteiger partial charge in [-0.2, -0.15) is 0 Å². The molecule has 3 heterocycles. The average molecular weight is 357 g/mol. The van der Waals surface area contributed by atoms with E-state index < -0.39 is 11.7 Å². The van der Waals surface area contributed by atoms with Gasteiger partial charge >= 0.3 is 11.7 Å². The number of aryl methyl sites for hydroxylation is 2. The normalized spacial score (nSPS) is 11.6. The molecule has 8 heteroatoms. The number of thiazole rings is 1. The van der Waals surface area contributed by atoms with E-state index in [1.54, 1.807) is 16.5 Å². The fourth-order valence-electron chi connectivity index (χ4n) is 3.09. The Hall–Kier alpha value is -2.87. The molecular formula is C17H15N3O4S. The maximum absolute atomic E-state index is 11.8. The summed E-state index contributed by atoms with van der Waals surface area (Å²) in [7, 11) is 0. The second kappa shape index (κ2) is 5.59. The van der Waals surface area contributed by atoms with E-state index in [0.29, 0.717) is 28.2 Å². The lowest BCUT2D eigenvalue weighted by molar-refractivity contribution is 0.0688. The summed E-state index contributed by atoms with van der Waals surface area (Å²) in [5.41, 5.74) is 3.39. The number of nitrogens with zero attached hydrogens (tertiary/aromatic N) is 2. The summed E-state index contributed by atoms with van der Waals surface area (Å²) in [5.74, 6) is -1.51. The Morgan fingerprint density at radius 3 is 2.84 bits per heavy atom. The molecule has 0 aliphatic heterocycles. The molecule has 0 saturated heterocycles. The molecule has 0 unspecified atom stereocenters. The summed E-state index contributed by atoms with van der Waals surface area (Å²) in [6, 6.07) is 5.37.